The van der Waals surface area contributed by atoms with Gasteiger partial charge in [-0.3, -0.25) is 9.20 Å². The lowest BCUT2D eigenvalue weighted by Crippen LogP contribution is -2.19. The Bertz CT molecular complexity index is 841. The van der Waals surface area contributed by atoms with Gasteiger partial charge < -0.3 is 5.32 Å². The quantitative estimate of drug-likeness (QED) is 0.792. The smallest absolute Gasteiger partial charge is 0.306 e. The number of nitrogens with zero attached hydrogens (tertiary/aromatic N) is 3. The van der Waals surface area contributed by atoms with Gasteiger partial charge in [-0.1, -0.05) is 12.1 Å². The maximum absolute atomic E-state index is 12.9. The number of anilines is 1. The summed E-state index contributed by atoms with van der Waals surface area (Å²) in [6.45, 7) is 0. The Hall–Kier alpha value is -2.90. The second-order valence-electron chi connectivity index (χ2n) is 4.44. The summed E-state index contributed by atoms with van der Waals surface area (Å²) >= 11 is 0. The molecule has 3 aromatic rings. The van der Waals surface area contributed by atoms with E-state index < -0.39 is 23.2 Å². The van der Waals surface area contributed by atoms with Gasteiger partial charge in [-0.2, -0.15) is 18.2 Å². The molecule has 8 heteroatoms. The number of carbonyl (C=O) groups excluding carboxylic acids is 1. The molecule has 0 atom stereocenters. The van der Waals surface area contributed by atoms with E-state index in [0.717, 1.165) is 12.1 Å². The van der Waals surface area contributed by atoms with Crippen LogP contribution in [-0.4, -0.2) is 20.3 Å². The molecule has 0 bridgehead atoms. The van der Waals surface area contributed by atoms with E-state index in [2.05, 4.69) is 15.3 Å². The number of imidazole rings is 1. The third kappa shape index (κ3) is 2.62. The molecule has 0 radical (unpaired) electrons. The summed E-state index contributed by atoms with van der Waals surface area (Å²) in [4.78, 5) is 20.0. The van der Waals surface area contributed by atoms with Crippen LogP contribution in [-0.2, 0) is 6.18 Å². The van der Waals surface area contributed by atoms with Gasteiger partial charge in [0.1, 0.15) is 5.82 Å². The first kappa shape index (κ1) is 14.1. The average Bonchev–Trinajstić information content (AvgIpc) is 2.94. The highest BCUT2D eigenvalue weighted by Crippen LogP contribution is 2.32. The number of benzene rings is 1. The normalized spacial score (nSPS) is 11.6. The van der Waals surface area contributed by atoms with Crippen molar-refractivity contribution in [3.05, 3.63) is 60.0 Å². The fraction of sp³-hybridized carbons (Fsp3) is 0.0714. The third-order valence-corrected chi connectivity index (χ3v) is 2.98. The second kappa shape index (κ2) is 5.14. The number of aromatic nitrogens is 3. The average molecular weight is 306 g/mol. The van der Waals surface area contributed by atoms with Crippen LogP contribution in [0.4, 0.5) is 19.0 Å². The van der Waals surface area contributed by atoms with Gasteiger partial charge in [-0.05, 0) is 18.2 Å². The summed E-state index contributed by atoms with van der Waals surface area (Å²) in [5, 5.41) is 2.35. The van der Waals surface area contributed by atoms with Crippen LogP contribution in [0.2, 0.25) is 0 Å². The van der Waals surface area contributed by atoms with Gasteiger partial charge in [0.25, 0.3) is 5.91 Å². The summed E-state index contributed by atoms with van der Waals surface area (Å²) in [6, 6.07) is 6.05. The molecule has 112 valence electrons. The number of halogens is 3. The molecule has 0 aliphatic carbocycles. The van der Waals surface area contributed by atoms with Crippen LogP contribution in [0.1, 0.15) is 15.9 Å². The van der Waals surface area contributed by atoms with Gasteiger partial charge in [0.2, 0.25) is 5.78 Å². The maximum atomic E-state index is 12.9. The molecule has 0 fully saturated rings. The minimum atomic E-state index is -4.60. The van der Waals surface area contributed by atoms with Crippen molar-refractivity contribution in [3.63, 3.8) is 0 Å². The largest absolute Gasteiger partial charge is 0.417 e. The Kier molecular flexibility index (Phi) is 3.28. The van der Waals surface area contributed by atoms with Crippen LogP contribution in [0.3, 0.4) is 0 Å². The Balaban J connectivity index is 1.91. The van der Waals surface area contributed by atoms with Crippen molar-refractivity contribution in [2.45, 2.75) is 6.18 Å². The van der Waals surface area contributed by atoms with E-state index in [1.165, 1.54) is 24.4 Å². The minimum Gasteiger partial charge on any atom is -0.306 e. The molecule has 1 aromatic carbocycles. The Morgan fingerprint density at radius 3 is 2.68 bits per heavy atom. The zero-order valence-corrected chi connectivity index (χ0v) is 11.0. The summed E-state index contributed by atoms with van der Waals surface area (Å²) in [5.74, 6) is -0.418. The number of nitrogens with one attached hydrogen (secondary N) is 1. The van der Waals surface area contributed by atoms with Crippen LogP contribution in [0.15, 0.2) is 48.9 Å². The molecule has 0 spiro atoms. The summed E-state index contributed by atoms with van der Waals surface area (Å²) in [6.07, 6.45) is 0.175. The van der Waals surface area contributed by atoms with E-state index in [-0.39, 0.29) is 5.82 Å². The molecule has 3 rings (SSSR count). The lowest BCUT2D eigenvalue weighted by Gasteiger charge is -2.12. The van der Waals surface area contributed by atoms with Gasteiger partial charge in [0.05, 0.1) is 11.1 Å². The van der Waals surface area contributed by atoms with Crippen LogP contribution in [0.5, 0.6) is 0 Å². The predicted molar refractivity (Wildman–Crippen MR) is 72.4 cm³/mol. The lowest BCUT2D eigenvalue weighted by atomic mass is 10.1. The monoisotopic (exact) mass is 306 g/mol. The number of hydrogen-bond donors (Lipinski definition) is 1. The number of rotatable bonds is 2. The van der Waals surface area contributed by atoms with Crippen molar-refractivity contribution < 1.29 is 18.0 Å². The third-order valence-electron chi connectivity index (χ3n) is 2.98. The number of carbonyl (C=O) groups is 1. The van der Waals surface area contributed by atoms with Gasteiger partial charge in [-0.25, -0.2) is 4.98 Å². The molecule has 1 N–H and O–H groups in total. The van der Waals surface area contributed by atoms with Gasteiger partial charge in [-0.15, -0.1) is 0 Å². The number of alkyl halides is 3. The molecule has 2 heterocycles. The summed E-state index contributed by atoms with van der Waals surface area (Å²) in [5.41, 5.74) is -1.45. The SMILES string of the molecule is O=C(Nc1ccn2ccnc2n1)c1ccccc1C(F)(F)F. The van der Waals surface area contributed by atoms with Gasteiger partial charge >= 0.3 is 6.18 Å². The first-order chi connectivity index (χ1) is 10.4. The molecular formula is C14H9F3N4O. The Morgan fingerprint density at radius 1 is 1.14 bits per heavy atom. The van der Waals surface area contributed by atoms with E-state index in [9.17, 15) is 18.0 Å². The number of hydrogen-bond acceptors (Lipinski definition) is 3. The first-order valence-electron chi connectivity index (χ1n) is 6.22. The lowest BCUT2D eigenvalue weighted by molar-refractivity contribution is -0.137. The molecule has 22 heavy (non-hydrogen) atoms. The molecule has 0 unspecified atom stereocenters. The maximum Gasteiger partial charge on any atom is 0.417 e. The van der Waals surface area contributed by atoms with Gasteiger partial charge in [0, 0.05) is 18.6 Å². The zero-order chi connectivity index (χ0) is 15.7. The summed E-state index contributed by atoms with van der Waals surface area (Å²) in [7, 11) is 0. The molecular weight excluding hydrogens is 297 g/mol. The van der Waals surface area contributed by atoms with Crippen LogP contribution < -0.4 is 5.32 Å². The highest BCUT2D eigenvalue weighted by molar-refractivity contribution is 6.05. The Labute approximate surface area is 122 Å². The van der Waals surface area contributed by atoms with E-state index in [4.69, 9.17) is 0 Å². The van der Waals surface area contributed by atoms with Crippen molar-refractivity contribution in [2.75, 3.05) is 5.32 Å². The van der Waals surface area contributed by atoms with Crippen LogP contribution >= 0.6 is 0 Å². The van der Waals surface area contributed by atoms with Crippen molar-refractivity contribution in [3.8, 4) is 0 Å². The second-order valence-corrected chi connectivity index (χ2v) is 4.44. The predicted octanol–water partition coefficient (Wildman–Crippen LogP) is 3.00. The van der Waals surface area contributed by atoms with Crippen molar-refractivity contribution in [1.82, 2.24) is 14.4 Å². The topological polar surface area (TPSA) is 59.3 Å². The van der Waals surface area contributed by atoms with E-state index in [0.29, 0.717) is 5.78 Å². The van der Waals surface area contributed by atoms with Crippen molar-refractivity contribution in [1.29, 1.82) is 0 Å². The highest BCUT2D eigenvalue weighted by atomic mass is 19.4. The fourth-order valence-electron chi connectivity index (χ4n) is 1.99. The molecule has 0 aliphatic heterocycles. The minimum absolute atomic E-state index is 0.126. The Morgan fingerprint density at radius 2 is 1.91 bits per heavy atom. The van der Waals surface area contributed by atoms with Crippen molar-refractivity contribution in [2.24, 2.45) is 0 Å². The fourth-order valence-corrected chi connectivity index (χ4v) is 1.99. The van der Waals surface area contributed by atoms with Crippen LogP contribution in [0.25, 0.3) is 5.78 Å². The summed E-state index contributed by atoms with van der Waals surface area (Å²) < 4.78 is 40.3. The molecule has 2 aromatic heterocycles. The first-order valence-corrected chi connectivity index (χ1v) is 6.22. The molecule has 5 nitrogen and oxygen atoms in total. The molecule has 1 amide bonds. The van der Waals surface area contributed by atoms with E-state index in [1.807, 2.05) is 0 Å². The standard InChI is InChI=1S/C14H9F3N4O/c15-14(16,17)10-4-2-1-3-9(10)12(22)19-11-5-7-21-8-6-18-13(21)20-11/h1-8H,(H,18,19,20,22). The number of fused-ring (bicyclic) bond motifs is 1. The van der Waals surface area contributed by atoms with Crippen molar-refractivity contribution >= 4 is 17.5 Å². The number of amides is 1. The van der Waals surface area contributed by atoms with E-state index >= 15 is 0 Å². The molecule has 0 aliphatic rings. The molecule has 0 saturated carbocycles. The molecule has 0 saturated heterocycles. The van der Waals surface area contributed by atoms with Gasteiger partial charge in [0.15, 0.2) is 0 Å². The van der Waals surface area contributed by atoms with Crippen LogP contribution in [0, 0.1) is 0 Å². The highest BCUT2D eigenvalue weighted by Gasteiger charge is 2.34. The zero-order valence-electron chi connectivity index (χ0n) is 11.0. The van der Waals surface area contributed by atoms with E-state index in [1.54, 1.807) is 16.8 Å².